The van der Waals surface area contributed by atoms with Crippen LogP contribution in [0.25, 0.3) is 5.82 Å². The number of carbonyl (C=O) groups excluding carboxylic acids is 1. The van der Waals surface area contributed by atoms with Crippen molar-refractivity contribution in [3.8, 4) is 5.82 Å². The average molecular weight is 411 g/mol. The van der Waals surface area contributed by atoms with Gasteiger partial charge in [-0.15, -0.1) is 0 Å². The van der Waals surface area contributed by atoms with E-state index in [2.05, 4.69) is 20.4 Å². The molecule has 3 N–H and O–H groups in total. The molecule has 0 saturated carbocycles. The van der Waals surface area contributed by atoms with Crippen molar-refractivity contribution in [2.75, 3.05) is 5.73 Å². The highest BCUT2D eigenvalue weighted by Gasteiger charge is 2.32. The van der Waals surface area contributed by atoms with Crippen molar-refractivity contribution in [1.82, 2.24) is 25.1 Å². The fourth-order valence-corrected chi connectivity index (χ4v) is 2.74. The van der Waals surface area contributed by atoms with E-state index in [9.17, 15) is 18.0 Å². The number of hydrogen-bond donors (Lipinski definition) is 2. The quantitative estimate of drug-likeness (QED) is 0.686. The molecule has 2 heterocycles. The molecule has 0 saturated heterocycles. The third-order valence-corrected chi connectivity index (χ3v) is 4.00. The molecule has 0 bridgehead atoms. The van der Waals surface area contributed by atoms with Crippen LogP contribution in [0.2, 0.25) is 5.02 Å². The van der Waals surface area contributed by atoms with Gasteiger partial charge in [0.2, 0.25) is 0 Å². The Morgan fingerprint density at radius 2 is 2.00 bits per heavy atom. The molecule has 1 amide bonds. The Balaban J connectivity index is 1.85. The largest absolute Gasteiger partial charge is 0.416 e. The van der Waals surface area contributed by atoms with Crippen LogP contribution in [0, 0.1) is 0 Å². The van der Waals surface area contributed by atoms with Gasteiger partial charge in [0.05, 0.1) is 11.6 Å². The molecule has 7 nitrogen and oxygen atoms in total. The normalized spacial score (nSPS) is 12.6. The smallest absolute Gasteiger partial charge is 0.399 e. The molecule has 11 heteroatoms. The van der Waals surface area contributed by atoms with Crippen molar-refractivity contribution >= 4 is 23.2 Å². The summed E-state index contributed by atoms with van der Waals surface area (Å²) in [6.45, 7) is 1.61. The summed E-state index contributed by atoms with van der Waals surface area (Å²) in [6.07, 6.45) is -1.86. The lowest BCUT2D eigenvalue weighted by Gasteiger charge is -2.15. The van der Waals surface area contributed by atoms with Gasteiger partial charge in [-0.05, 0) is 31.2 Å². The zero-order chi connectivity index (χ0) is 20.5. The fraction of sp³-hybridized carbons (Fsp3) is 0.176. The van der Waals surface area contributed by atoms with Gasteiger partial charge in [-0.2, -0.15) is 23.0 Å². The number of pyridine rings is 1. The van der Waals surface area contributed by atoms with E-state index in [0.29, 0.717) is 17.3 Å². The molecule has 1 aromatic carbocycles. The monoisotopic (exact) mass is 410 g/mol. The van der Waals surface area contributed by atoms with Gasteiger partial charge in [0.15, 0.2) is 11.6 Å². The molecule has 0 aliphatic heterocycles. The molecule has 3 aromatic rings. The Bertz CT molecular complexity index is 1020. The molecule has 3 rings (SSSR count). The van der Waals surface area contributed by atoms with E-state index in [4.69, 9.17) is 17.3 Å². The third-order valence-electron chi connectivity index (χ3n) is 3.78. The summed E-state index contributed by atoms with van der Waals surface area (Å²) < 4.78 is 40.2. The van der Waals surface area contributed by atoms with E-state index < -0.39 is 23.7 Å². The van der Waals surface area contributed by atoms with Gasteiger partial charge < -0.3 is 11.1 Å². The molecular weight excluding hydrogens is 397 g/mol. The van der Waals surface area contributed by atoms with Crippen molar-refractivity contribution < 1.29 is 18.0 Å². The maximum Gasteiger partial charge on any atom is 0.416 e. The van der Waals surface area contributed by atoms with Crippen molar-refractivity contribution in [2.45, 2.75) is 19.1 Å². The van der Waals surface area contributed by atoms with Gasteiger partial charge in [0.25, 0.3) is 5.91 Å². The first kappa shape index (κ1) is 19.6. The number of nitrogens with zero attached hydrogens (tertiary/aromatic N) is 4. The molecule has 2 aromatic heterocycles. The molecule has 146 valence electrons. The minimum atomic E-state index is -4.62. The minimum Gasteiger partial charge on any atom is -0.399 e. The summed E-state index contributed by atoms with van der Waals surface area (Å²) in [6, 6.07) is 5.12. The Kier molecular flexibility index (Phi) is 5.23. The molecule has 0 unspecified atom stereocenters. The molecular formula is C17H14ClF3N6O. The number of carbonyl (C=O) groups is 1. The minimum absolute atomic E-state index is 0.195. The average Bonchev–Trinajstić information content (AvgIpc) is 3.10. The van der Waals surface area contributed by atoms with E-state index in [1.54, 1.807) is 19.1 Å². The second kappa shape index (κ2) is 7.47. The van der Waals surface area contributed by atoms with Crippen molar-refractivity contribution in [1.29, 1.82) is 0 Å². The maximum atomic E-state index is 12.9. The summed E-state index contributed by atoms with van der Waals surface area (Å²) in [7, 11) is 0. The highest BCUT2D eigenvalue weighted by atomic mass is 35.5. The first-order chi connectivity index (χ1) is 13.1. The number of nitrogens with two attached hydrogens (primary N) is 1. The highest BCUT2D eigenvalue weighted by molar-refractivity contribution is 6.31. The second-order valence-electron chi connectivity index (χ2n) is 5.90. The summed E-state index contributed by atoms with van der Waals surface area (Å²) in [4.78, 5) is 20.7. The lowest BCUT2D eigenvalue weighted by atomic mass is 10.1. The lowest BCUT2D eigenvalue weighted by Crippen LogP contribution is -2.29. The molecule has 0 spiro atoms. The summed E-state index contributed by atoms with van der Waals surface area (Å²) in [5, 5.41) is 6.44. The zero-order valence-electron chi connectivity index (χ0n) is 14.4. The van der Waals surface area contributed by atoms with E-state index in [0.717, 1.165) is 18.2 Å². The Labute approximate surface area is 162 Å². The van der Waals surface area contributed by atoms with Gasteiger partial charge in [0.1, 0.15) is 6.33 Å². The number of benzene rings is 1. The summed E-state index contributed by atoms with van der Waals surface area (Å²) >= 11 is 5.73. The van der Waals surface area contributed by atoms with Gasteiger partial charge in [-0.1, -0.05) is 11.6 Å². The van der Waals surface area contributed by atoms with Gasteiger partial charge in [-0.3, -0.25) is 4.79 Å². The summed E-state index contributed by atoms with van der Waals surface area (Å²) in [5.41, 5.74) is 4.96. The zero-order valence-corrected chi connectivity index (χ0v) is 15.2. The number of aromatic nitrogens is 4. The lowest BCUT2D eigenvalue weighted by molar-refractivity contribution is -0.137. The molecule has 0 aliphatic carbocycles. The Hall–Kier alpha value is -3.14. The number of amides is 1. The molecule has 28 heavy (non-hydrogen) atoms. The SMILES string of the molecule is C[C@H](NC(=O)c1cc(Cl)cc(C(F)(F)F)c1)c1ncnn1-c1cc(N)ccn1. The first-order valence-corrected chi connectivity index (χ1v) is 8.33. The van der Waals surface area contributed by atoms with E-state index in [1.807, 2.05) is 0 Å². The number of rotatable bonds is 4. The third kappa shape index (κ3) is 4.22. The van der Waals surface area contributed by atoms with Gasteiger partial charge in [-0.25, -0.2) is 9.97 Å². The standard InChI is InChI=1S/C17H14ClF3N6O/c1-9(15-24-8-25-27(15)14-7-13(22)2-3-23-14)26-16(28)10-4-11(17(19,20)21)6-12(18)5-10/h2-9H,1H3,(H2,22,23)(H,26,28)/t9-/m0/s1. The van der Waals surface area contributed by atoms with Crippen LogP contribution in [-0.4, -0.2) is 25.7 Å². The van der Waals surface area contributed by atoms with Crippen LogP contribution in [0.4, 0.5) is 18.9 Å². The van der Waals surface area contributed by atoms with Crippen LogP contribution >= 0.6 is 11.6 Å². The Morgan fingerprint density at radius 3 is 2.68 bits per heavy atom. The highest BCUT2D eigenvalue weighted by Crippen LogP contribution is 2.32. The number of hydrogen-bond acceptors (Lipinski definition) is 5. The number of anilines is 1. The number of alkyl halides is 3. The summed E-state index contributed by atoms with van der Waals surface area (Å²) in [5.74, 6) is -0.0316. The Morgan fingerprint density at radius 1 is 1.25 bits per heavy atom. The number of halogens is 4. The van der Waals surface area contributed by atoms with Crippen LogP contribution in [0.3, 0.4) is 0 Å². The van der Waals surface area contributed by atoms with Crippen molar-refractivity contribution in [3.05, 3.63) is 64.8 Å². The van der Waals surface area contributed by atoms with Crippen LogP contribution in [-0.2, 0) is 6.18 Å². The number of nitrogen functional groups attached to an aromatic ring is 1. The van der Waals surface area contributed by atoms with Crippen LogP contribution in [0.15, 0.2) is 42.9 Å². The van der Waals surface area contributed by atoms with Crippen LogP contribution in [0.5, 0.6) is 0 Å². The maximum absolute atomic E-state index is 12.9. The molecule has 0 aliphatic rings. The van der Waals surface area contributed by atoms with E-state index in [1.165, 1.54) is 17.2 Å². The molecule has 0 radical (unpaired) electrons. The topological polar surface area (TPSA) is 98.7 Å². The van der Waals surface area contributed by atoms with Crippen LogP contribution < -0.4 is 11.1 Å². The number of nitrogens with one attached hydrogen (secondary N) is 1. The predicted molar refractivity (Wildman–Crippen MR) is 95.9 cm³/mol. The first-order valence-electron chi connectivity index (χ1n) is 7.95. The predicted octanol–water partition coefficient (Wildman–Crippen LogP) is 3.41. The van der Waals surface area contributed by atoms with E-state index in [-0.39, 0.29) is 10.6 Å². The van der Waals surface area contributed by atoms with Crippen molar-refractivity contribution in [2.24, 2.45) is 0 Å². The van der Waals surface area contributed by atoms with Gasteiger partial charge >= 0.3 is 6.18 Å². The second-order valence-corrected chi connectivity index (χ2v) is 6.34. The van der Waals surface area contributed by atoms with Gasteiger partial charge in [0, 0.05) is 28.5 Å². The molecule has 1 atom stereocenters. The molecule has 0 fully saturated rings. The van der Waals surface area contributed by atoms with Crippen molar-refractivity contribution in [3.63, 3.8) is 0 Å². The van der Waals surface area contributed by atoms with Crippen LogP contribution in [0.1, 0.15) is 34.7 Å². The fourth-order valence-electron chi connectivity index (χ4n) is 2.50. The van der Waals surface area contributed by atoms with E-state index >= 15 is 0 Å².